The molecule has 0 amide bonds. The minimum absolute atomic E-state index is 0.213. The van der Waals surface area contributed by atoms with E-state index in [1.165, 1.54) is 0 Å². The summed E-state index contributed by atoms with van der Waals surface area (Å²) < 4.78 is 10.1. The molecule has 0 atom stereocenters. The highest BCUT2D eigenvalue weighted by molar-refractivity contribution is 6.32. The Bertz CT molecular complexity index is 342. The highest BCUT2D eigenvalue weighted by Crippen LogP contribution is 2.25. The lowest BCUT2D eigenvalue weighted by molar-refractivity contribution is 0.0512. The molecule has 1 rings (SSSR count). The van der Waals surface area contributed by atoms with Gasteiger partial charge in [-0.15, -0.1) is 0 Å². The van der Waals surface area contributed by atoms with Crippen LogP contribution in [0, 0.1) is 5.92 Å². The Morgan fingerprint density at radius 1 is 1.35 bits per heavy atom. The van der Waals surface area contributed by atoms with Crippen LogP contribution in [0.25, 0.3) is 0 Å². The van der Waals surface area contributed by atoms with Crippen molar-refractivity contribution in [2.75, 3.05) is 20.4 Å². The van der Waals surface area contributed by atoms with Crippen molar-refractivity contribution in [3.8, 4) is 5.75 Å². The Labute approximate surface area is 108 Å². The van der Waals surface area contributed by atoms with E-state index in [2.05, 4.69) is 19.2 Å². The van der Waals surface area contributed by atoms with Crippen LogP contribution in [0.2, 0.25) is 5.02 Å². The number of halogens is 1. The lowest BCUT2D eigenvalue weighted by Crippen LogP contribution is -2.18. The van der Waals surface area contributed by atoms with Crippen LogP contribution in [0.4, 0.5) is 0 Å². The van der Waals surface area contributed by atoms with Crippen molar-refractivity contribution < 1.29 is 9.47 Å². The third-order valence-electron chi connectivity index (χ3n) is 2.21. The summed E-state index contributed by atoms with van der Waals surface area (Å²) in [5.74, 6) is 1.30. The summed E-state index contributed by atoms with van der Waals surface area (Å²) in [5, 5.41) is 3.98. The summed E-state index contributed by atoms with van der Waals surface area (Å²) >= 11 is 6.10. The number of nitrogens with one attached hydrogen (secondary N) is 1. The second-order valence-electron chi connectivity index (χ2n) is 4.34. The summed E-state index contributed by atoms with van der Waals surface area (Å²) in [6.07, 6.45) is 0. The first kappa shape index (κ1) is 14.3. The van der Waals surface area contributed by atoms with E-state index in [9.17, 15) is 0 Å². The van der Waals surface area contributed by atoms with Gasteiger partial charge in [0.1, 0.15) is 5.75 Å². The van der Waals surface area contributed by atoms with Gasteiger partial charge in [-0.05, 0) is 30.2 Å². The molecule has 1 N–H and O–H groups in total. The fourth-order valence-electron chi connectivity index (χ4n) is 1.40. The summed E-state index contributed by atoms with van der Waals surface area (Å²) in [6, 6.07) is 5.79. The molecule has 1 aromatic rings. The van der Waals surface area contributed by atoms with E-state index in [4.69, 9.17) is 21.1 Å². The zero-order valence-corrected chi connectivity index (χ0v) is 11.4. The normalized spacial score (nSPS) is 10.9. The van der Waals surface area contributed by atoms with Gasteiger partial charge >= 0.3 is 0 Å². The van der Waals surface area contributed by atoms with E-state index in [1.807, 2.05) is 18.2 Å². The fraction of sp³-hybridized carbons (Fsp3) is 0.538. The molecule has 0 aliphatic carbocycles. The fourth-order valence-corrected chi connectivity index (χ4v) is 1.66. The minimum atomic E-state index is 0.213. The van der Waals surface area contributed by atoms with Crippen molar-refractivity contribution in [1.29, 1.82) is 0 Å². The van der Waals surface area contributed by atoms with Gasteiger partial charge in [0.15, 0.2) is 6.79 Å². The maximum atomic E-state index is 6.10. The molecule has 4 heteroatoms. The molecule has 0 aliphatic rings. The van der Waals surface area contributed by atoms with Gasteiger partial charge in [0.25, 0.3) is 0 Å². The Morgan fingerprint density at radius 3 is 2.71 bits per heavy atom. The average Bonchev–Trinajstić information content (AvgIpc) is 2.27. The van der Waals surface area contributed by atoms with Gasteiger partial charge < -0.3 is 14.8 Å². The minimum Gasteiger partial charge on any atom is -0.466 e. The van der Waals surface area contributed by atoms with E-state index < -0.39 is 0 Å². The van der Waals surface area contributed by atoms with Crippen LogP contribution in [0.1, 0.15) is 19.4 Å². The Hall–Kier alpha value is -0.770. The molecule has 0 saturated heterocycles. The standard InChI is InChI=1S/C13H20ClNO2/c1-10(2)7-15-8-11-4-5-13(12(14)6-11)17-9-16-3/h4-6,10,15H,7-9H2,1-3H3. The Morgan fingerprint density at radius 2 is 2.12 bits per heavy atom. The third-order valence-corrected chi connectivity index (χ3v) is 2.51. The molecule has 0 fully saturated rings. The quantitative estimate of drug-likeness (QED) is 0.762. The van der Waals surface area contributed by atoms with E-state index in [1.54, 1.807) is 7.11 Å². The van der Waals surface area contributed by atoms with Crippen LogP contribution in [0.5, 0.6) is 5.75 Å². The van der Waals surface area contributed by atoms with Crippen LogP contribution < -0.4 is 10.1 Å². The molecule has 0 bridgehead atoms. The summed E-state index contributed by atoms with van der Waals surface area (Å²) in [7, 11) is 1.58. The molecule has 0 aromatic heterocycles. The average molecular weight is 258 g/mol. The summed E-state index contributed by atoms with van der Waals surface area (Å²) in [5.41, 5.74) is 1.15. The van der Waals surface area contributed by atoms with E-state index >= 15 is 0 Å². The second-order valence-corrected chi connectivity index (χ2v) is 4.75. The molecule has 0 heterocycles. The number of hydrogen-bond acceptors (Lipinski definition) is 3. The van der Waals surface area contributed by atoms with Crippen molar-refractivity contribution in [1.82, 2.24) is 5.32 Å². The molecular weight excluding hydrogens is 238 g/mol. The maximum Gasteiger partial charge on any atom is 0.188 e. The van der Waals surface area contributed by atoms with Crippen LogP contribution in [-0.2, 0) is 11.3 Å². The molecule has 96 valence electrons. The molecule has 0 saturated carbocycles. The molecule has 0 aliphatic heterocycles. The van der Waals surface area contributed by atoms with Gasteiger partial charge in [-0.3, -0.25) is 0 Å². The van der Waals surface area contributed by atoms with Crippen LogP contribution >= 0.6 is 11.6 Å². The Balaban J connectivity index is 2.50. The molecule has 17 heavy (non-hydrogen) atoms. The highest BCUT2D eigenvalue weighted by Gasteiger charge is 2.03. The summed E-state index contributed by atoms with van der Waals surface area (Å²) in [6.45, 7) is 6.40. The number of hydrogen-bond donors (Lipinski definition) is 1. The van der Waals surface area contributed by atoms with E-state index in [-0.39, 0.29) is 6.79 Å². The molecular formula is C13H20ClNO2. The van der Waals surface area contributed by atoms with E-state index in [0.29, 0.717) is 16.7 Å². The molecule has 0 radical (unpaired) electrons. The second kappa shape index (κ2) is 7.54. The SMILES string of the molecule is COCOc1ccc(CNCC(C)C)cc1Cl. The van der Waals surface area contributed by atoms with Gasteiger partial charge in [-0.1, -0.05) is 31.5 Å². The number of benzene rings is 1. The van der Waals surface area contributed by atoms with Crippen molar-refractivity contribution in [3.63, 3.8) is 0 Å². The number of rotatable bonds is 7. The van der Waals surface area contributed by atoms with Crippen molar-refractivity contribution in [2.45, 2.75) is 20.4 Å². The first-order valence-electron chi connectivity index (χ1n) is 5.74. The van der Waals surface area contributed by atoms with E-state index in [0.717, 1.165) is 18.7 Å². The monoisotopic (exact) mass is 257 g/mol. The van der Waals surface area contributed by atoms with Crippen LogP contribution in [0.15, 0.2) is 18.2 Å². The van der Waals surface area contributed by atoms with Gasteiger partial charge in [0, 0.05) is 13.7 Å². The topological polar surface area (TPSA) is 30.5 Å². The molecule has 1 aromatic carbocycles. The van der Waals surface area contributed by atoms with Gasteiger partial charge in [0.05, 0.1) is 5.02 Å². The zero-order valence-electron chi connectivity index (χ0n) is 10.6. The van der Waals surface area contributed by atoms with Crippen LogP contribution in [-0.4, -0.2) is 20.4 Å². The number of methoxy groups -OCH3 is 1. The third kappa shape index (κ3) is 5.39. The van der Waals surface area contributed by atoms with Crippen molar-refractivity contribution in [2.24, 2.45) is 5.92 Å². The largest absolute Gasteiger partial charge is 0.466 e. The first-order chi connectivity index (χ1) is 8.13. The predicted octanol–water partition coefficient (Wildman–Crippen LogP) is 3.07. The first-order valence-corrected chi connectivity index (χ1v) is 6.12. The van der Waals surface area contributed by atoms with Crippen molar-refractivity contribution >= 4 is 11.6 Å². The summed E-state index contributed by atoms with van der Waals surface area (Å²) in [4.78, 5) is 0. The van der Waals surface area contributed by atoms with Crippen molar-refractivity contribution in [3.05, 3.63) is 28.8 Å². The lowest BCUT2D eigenvalue weighted by atomic mass is 10.2. The van der Waals surface area contributed by atoms with Gasteiger partial charge in [0.2, 0.25) is 0 Å². The van der Waals surface area contributed by atoms with Gasteiger partial charge in [-0.25, -0.2) is 0 Å². The molecule has 0 spiro atoms. The zero-order chi connectivity index (χ0) is 12.7. The number of ether oxygens (including phenoxy) is 2. The predicted molar refractivity (Wildman–Crippen MR) is 70.5 cm³/mol. The molecule has 0 unspecified atom stereocenters. The highest BCUT2D eigenvalue weighted by atomic mass is 35.5. The van der Waals surface area contributed by atoms with Gasteiger partial charge in [-0.2, -0.15) is 0 Å². The maximum absolute atomic E-state index is 6.10. The smallest absolute Gasteiger partial charge is 0.188 e. The lowest BCUT2D eigenvalue weighted by Gasteiger charge is -2.10. The van der Waals surface area contributed by atoms with Crippen LogP contribution in [0.3, 0.4) is 0 Å². The Kier molecular flexibility index (Phi) is 6.34. The molecule has 3 nitrogen and oxygen atoms in total.